The Labute approximate surface area is 213 Å². The molecule has 0 spiro atoms. The number of carbonyl (C=O) groups excluding carboxylic acids is 2. The largest absolute Gasteiger partial charge is 0.483 e. The van der Waals surface area contributed by atoms with Gasteiger partial charge in [-0.15, -0.1) is 0 Å². The number of carbonyl (C=O) groups is 2. The summed E-state index contributed by atoms with van der Waals surface area (Å²) in [5, 5.41) is 3.55. The van der Waals surface area contributed by atoms with Crippen LogP contribution < -0.4 is 10.1 Å². The summed E-state index contributed by atoms with van der Waals surface area (Å²) in [6, 6.07) is 22.2. The second kappa shape index (κ2) is 13.0. The Kier molecular flexibility index (Phi) is 9.74. The Morgan fingerprint density at radius 2 is 1.71 bits per heavy atom. The minimum absolute atomic E-state index is 0.170. The molecule has 0 aliphatic carbocycles. The van der Waals surface area contributed by atoms with E-state index in [-0.39, 0.29) is 25.0 Å². The molecule has 0 aliphatic heterocycles. The first-order valence-corrected chi connectivity index (χ1v) is 12.3. The van der Waals surface area contributed by atoms with Gasteiger partial charge in [0, 0.05) is 24.5 Å². The van der Waals surface area contributed by atoms with Crippen molar-refractivity contribution in [2.24, 2.45) is 0 Å². The first-order valence-electron chi connectivity index (χ1n) is 11.9. The zero-order valence-electron chi connectivity index (χ0n) is 20.6. The van der Waals surface area contributed by atoms with E-state index < -0.39 is 6.04 Å². The van der Waals surface area contributed by atoms with Crippen molar-refractivity contribution in [3.05, 3.63) is 100 Å². The Bertz CT molecular complexity index is 1130. The van der Waals surface area contributed by atoms with Gasteiger partial charge in [0.05, 0.1) is 0 Å². The lowest BCUT2D eigenvalue weighted by atomic mass is 10.0. The van der Waals surface area contributed by atoms with Gasteiger partial charge in [0.2, 0.25) is 5.91 Å². The van der Waals surface area contributed by atoms with Crippen molar-refractivity contribution in [2.75, 3.05) is 13.2 Å². The zero-order valence-corrected chi connectivity index (χ0v) is 21.3. The molecule has 3 aromatic rings. The van der Waals surface area contributed by atoms with Crippen LogP contribution in [0.25, 0.3) is 0 Å². The van der Waals surface area contributed by atoms with E-state index in [0.29, 0.717) is 23.7 Å². The Hall–Kier alpha value is -3.31. The minimum atomic E-state index is -0.696. The van der Waals surface area contributed by atoms with E-state index in [4.69, 9.17) is 16.3 Å². The molecule has 0 radical (unpaired) electrons. The molecule has 5 nitrogen and oxygen atoms in total. The second-order valence-corrected chi connectivity index (χ2v) is 9.14. The zero-order chi connectivity index (χ0) is 25.2. The third-order valence-corrected chi connectivity index (χ3v) is 5.98. The maximum Gasteiger partial charge on any atom is 0.261 e. The van der Waals surface area contributed by atoms with E-state index in [0.717, 1.165) is 28.7 Å². The monoisotopic (exact) mass is 492 g/mol. The van der Waals surface area contributed by atoms with E-state index in [1.54, 1.807) is 11.0 Å². The van der Waals surface area contributed by atoms with Crippen molar-refractivity contribution < 1.29 is 14.3 Å². The average molecular weight is 493 g/mol. The molecule has 3 rings (SSSR count). The molecule has 1 atom stereocenters. The smallest absolute Gasteiger partial charge is 0.261 e. The molecule has 0 saturated carbocycles. The van der Waals surface area contributed by atoms with Crippen LogP contribution in [0.4, 0.5) is 0 Å². The maximum atomic E-state index is 13.6. The highest BCUT2D eigenvalue weighted by Gasteiger charge is 2.30. The lowest BCUT2D eigenvalue weighted by Gasteiger charge is -2.31. The third-order valence-electron chi connectivity index (χ3n) is 5.74. The van der Waals surface area contributed by atoms with Gasteiger partial charge in [0.15, 0.2) is 6.61 Å². The van der Waals surface area contributed by atoms with Crippen molar-refractivity contribution >= 4 is 23.4 Å². The van der Waals surface area contributed by atoms with Gasteiger partial charge >= 0.3 is 0 Å². The molecule has 1 unspecified atom stereocenters. The topological polar surface area (TPSA) is 58.6 Å². The predicted octanol–water partition coefficient (Wildman–Crippen LogP) is 5.50. The fourth-order valence-corrected chi connectivity index (χ4v) is 4.15. The highest BCUT2D eigenvalue weighted by Crippen LogP contribution is 2.21. The normalized spacial score (nSPS) is 11.5. The van der Waals surface area contributed by atoms with Gasteiger partial charge < -0.3 is 15.0 Å². The molecular formula is C29H33ClN2O3. The molecule has 2 amide bonds. The molecule has 6 heteroatoms. The van der Waals surface area contributed by atoms with Gasteiger partial charge in [-0.05, 0) is 55.2 Å². The number of halogens is 1. The number of aryl methyl sites for hydroxylation is 2. The van der Waals surface area contributed by atoms with Crippen molar-refractivity contribution in [3.63, 3.8) is 0 Å². The minimum Gasteiger partial charge on any atom is -0.483 e. The summed E-state index contributed by atoms with van der Waals surface area (Å²) in [6.07, 6.45) is 1.20. The fourth-order valence-electron chi connectivity index (χ4n) is 3.94. The van der Waals surface area contributed by atoms with E-state index in [1.807, 2.05) is 87.5 Å². The maximum absolute atomic E-state index is 13.6. The number of hydrogen-bond donors (Lipinski definition) is 1. The van der Waals surface area contributed by atoms with Gasteiger partial charge in [0.25, 0.3) is 5.91 Å². The lowest BCUT2D eigenvalue weighted by molar-refractivity contribution is -0.142. The van der Waals surface area contributed by atoms with Crippen LogP contribution in [0.15, 0.2) is 72.8 Å². The van der Waals surface area contributed by atoms with Gasteiger partial charge in [-0.1, -0.05) is 78.7 Å². The predicted molar refractivity (Wildman–Crippen MR) is 141 cm³/mol. The van der Waals surface area contributed by atoms with Crippen molar-refractivity contribution in [2.45, 2.75) is 46.2 Å². The first-order chi connectivity index (χ1) is 16.9. The van der Waals surface area contributed by atoms with Gasteiger partial charge in [-0.25, -0.2) is 0 Å². The number of benzene rings is 3. The number of nitrogens with zero attached hydrogens (tertiary/aromatic N) is 1. The quantitative estimate of drug-likeness (QED) is 0.384. The Morgan fingerprint density at radius 1 is 0.971 bits per heavy atom. The van der Waals surface area contributed by atoms with Crippen molar-refractivity contribution in [1.29, 1.82) is 0 Å². The van der Waals surface area contributed by atoms with Gasteiger partial charge in [0.1, 0.15) is 11.8 Å². The molecule has 0 fully saturated rings. The van der Waals surface area contributed by atoms with Gasteiger partial charge in [-0.2, -0.15) is 0 Å². The Balaban J connectivity index is 1.90. The fraction of sp³-hybridized carbons (Fsp3) is 0.310. The average Bonchev–Trinajstić information content (AvgIpc) is 2.84. The summed E-state index contributed by atoms with van der Waals surface area (Å²) in [4.78, 5) is 28.5. The molecule has 0 bridgehead atoms. The first kappa shape index (κ1) is 26.3. The summed E-state index contributed by atoms with van der Waals surface area (Å²) in [7, 11) is 0. The molecule has 0 aliphatic rings. The lowest BCUT2D eigenvalue weighted by Crippen LogP contribution is -2.51. The number of rotatable bonds is 11. The summed E-state index contributed by atoms with van der Waals surface area (Å²) in [5.41, 5.74) is 3.90. The van der Waals surface area contributed by atoms with Crippen LogP contribution in [0.5, 0.6) is 5.75 Å². The summed E-state index contributed by atoms with van der Waals surface area (Å²) >= 11 is 6.21. The van der Waals surface area contributed by atoms with Crippen molar-refractivity contribution in [1.82, 2.24) is 10.2 Å². The van der Waals surface area contributed by atoms with Crippen LogP contribution in [0.2, 0.25) is 5.02 Å². The molecule has 1 N–H and O–H groups in total. The van der Waals surface area contributed by atoms with Crippen molar-refractivity contribution in [3.8, 4) is 5.75 Å². The van der Waals surface area contributed by atoms with E-state index in [9.17, 15) is 9.59 Å². The summed E-state index contributed by atoms with van der Waals surface area (Å²) in [5.74, 6) is 0.205. The Morgan fingerprint density at radius 3 is 2.40 bits per heavy atom. The third kappa shape index (κ3) is 7.86. The van der Waals surface area contributed by atoms with E-state index in [2.05, 4.69) is 5.32 Å². The van der Waals surface area contributed by atoms with Crippen LogP contribution in [0.3, 0.4) is 0 Å². The van der Waals surface area contributed by atoms with Crippen LogP contribution >= 0.6 is 11.6 Å². The van der Waals surface area contributed by atoms with Crippen LogP contribution in [0.1, 0.15) is 35.6 Å². The van der Waals surface area contributed by atoms with E-state index in [1.165, 1.54) is 0 Å². The molecule has 0 saturated heterocycles. The second-order valence-electron chi connectivity index (χ2n) is 8.71. The number of amides is 2. The molecule has 35 heavy (non-hydrogen) atoms. The number of nitrogens with one attached hydrogen (secondary N) is 1. The van der Waals surface area contributed by atoms with Crippen LogP contribution in [0, 0.1) is 13.8 Å². The molecule has 184 valence electrons. The molecule has 0 heterocycles. The summed E-state index contributed by atoms with van der Waals surface area (Å²) < 4.78 is 5.91. The number of hydrogen-bond acceptors (Lipinski definition) is 3. The van der Waals surface area contributed by atoms with E-state index >= 15 is 0 Å². The molecular weight excluding hydrogens is 460 g/mol. The SMILES string of the molecule is CCCNC(=O)C(Cc1ccccc1)N(Cc1cccc(Cl)c1)C(=O)COc1ccc(C)cc1C. The molecule has 0 aromatic heterocycles. The van der Waals surface area contributed by atoms with Crippen LogP contribution in [-0.2, 0) is 22.6 Å². The highest BCUT2D eigenvalue weighted by atomic mass is 35.5. The number of ether oxygens (including phenoxy) is 1. The van der Waals surface area contributed by atoms with Crippen LogP contribution in [-0.4, -0.2) is 35.9 Å². The highest BCUT2D eigenvalue weighted by molar-refractivity contribution is 6.30. The van der Waals surface area contributed by atoms with Gasteiger partial charge in [-0.3, -0.25) is 9.59 Å². The molecule has 3 aromatic carbocycles. The summed E-state index contributed by atoms with van der Waals surface area (Å²) in [6.45, 7) is 6.58. The standard InChI is InChI=1S/C29H33ClN2O3/c1-4-15-31-29(34)26(18-23-9-6-5-7-10-23)32(19-24-11-8-12-25(30)17-24)28(33)20-35-27-14-13-21(2)16-22(27)3/h5-14,16-17,26H,4,15,18-20H2,1-3H3,(H,31,34).